The first-order chi connectivity index (χ1) is 11.6. The number of hydrogen-bond donors (Lipinski definition) is 1. The molecule has 3 aromatic rings. The van der Waals surface area contributed by atoms with Gasteiger partial charge in [0.2, 0.25) is 0 Å². The number of halogens is 1. The van der Waals surface area contributed by atoms with Crippen molar-refractivity contribution in [1.29, 1.82) is 0 Å². The Labute approximate surface area is 150 Å². The lowest BCUT2D eigenvalue weighted by molar-refractivity contribution is -0.384. The second-order valence-electron chi connectivity index (χ2n) is 4.87. The van der Waals surface area contributed by atoms with Crippen LogP contribution in [0.5, 0.6) is 0 Å². The van der Waals surface area contributed by atoms with Crippen molar-refractivity contribution in [2.24, 2.45) is 0 Å². The van der Waals surface area contributed by atoms with Gasteiger partial charge in [-0.05, 0) is 52.9 Å². The molecule has 0 saturated heterocycles. The van der Waals surface area contributed by atoms with Crippen molar-refractivity contribution in [3.8, 4) is 11.3 Å². The fourth-order valence-corrected chi connectivity index (χ4v) is 2.71. The van der Waals surface area contributed by atoms with Crippen LogP contribution in [0.1, 0.15) is 10.6 Å². The topological polar surface area (TPSA) is 85.4 Å². The number of nitro groups is 1. The van der Waals surface area contributed by atoms with Gasteiger partial charge in [-0.15, -0.1) is 0 Å². The highest BCUT2D eigenvalue weighted by Gasteiger charge is 2.19. The van der Waals surface area contributed by atoms with Crippen LogP contribution in [0.4, 0.5) is 11.4 Å². The normalized spacial score (nSPS) is 10.4. The van der Waals surface area contributed by atoms with Gasteiger partial charge in [0.05, 0.1) is 16.2 Å². The molecule has 0 bridgehead atoms. The van der Waals surface area contributed by atoms with Gasteiger partial charge in [0.15, 0.2) is 5.76 Å². The predicted octanol–water partition coefficient (Wildman–Crippen LogP) is 4.71. The molecule has 0 unspecified atom stereocenters. The van der Waals surface area contributed by atoms with Crippen molar-refractivity contribution in [1.82, 2.24) is 0 Å². The molecule has 0 aliphatic heterocycles. The molecule has 1 heterocycles. The van der Waals surface area contributed by atoms with Gasteiger partial charge in [-0.2, -0.15) is 0 Å². The van der Waals surface area contributed by atoms with Crippen molar-refractivity contribution in [3.63, 3.8) is 0 Å². The Morgan fingerprint density at radius 1 is 1.04 bits per heavy atom. The number of furan rings is 1. The number of nitrogens with one attached hydrogen (secondary N) is 1. The van der Waals surface area contributed by atoms with E-state index < -0.39 is 10.8 Å². The molecule has 1 amide bonds. The number of rotatable bonds is 4. The van der Waals surface area contributed by atoms with Crippen LogP contribution in [0.15, 0.2) is 65.1 Å². The highest BCUT2D eigenvalue weighted by atomic mass is 127. The molecular weight excluding hydrogens is 423 g/mol. The maximum atomic E-state index is 12.3. The predicted molar refractivity (Wildman–Crippen MR) is 97.9 cm³/mol. The largest absolute Gasteiger partial charge is 0.451 e. The quantitative estimate of drug-likeness (QED) is 0.366. The summed E-state index contributed by atoms with van der Waals surface area (Å²) in [5.74, 6) is -0.0537. The number of para-hydroxylation sites is 2. The van der Waals surface area contributed by atoms with Crippen LogP contribution < -0.4 is 5.32 Å². The van der Waals surface area contributed by atoms with E-state index in [4.69, 9.17) is 4.42 Å². The van der Waals surface area contributed by atoms with Gasteiger partial charge in [0, 0.05) is 9.64 Å². The zero-order valence-corrected chi connectivity index (χ0v) is 14.4. The number of carbonyl (C=O) groups excluding carboxylic acids is 1. The second kappa shape index (κ2) is 6.83. The van der Waals surface area contributed by atoms with Gasteiger partial charge >= 0.3 is 0 Å². The number of hydrogen-bond acceptors (Lipinski definition) is 4. The summed E-state index contributed by atoms with van der Waals surface area (Å²) < 4.78 is 6.41. The van der Waals surface area contributed by atoms with Crippen LogP contribution in [0.2, 0.25) is 0 Å². The highest BCUT2D eigenvalue weighted by molar-refractivity contribution is 14.1. The number of benzene rings is 2. The Morgan fingerprint density at radius 3 is 2.50 bits per heavy atom. The number of amides is 1. The Morgan fingerprint density at radius 2 is 1.75 bits per heavy atom. The van der Waals surface area contributed by atoms with E-state index in [2.05, 4.69) is 27.9 Å². The van der Waals surface area contributed by atoms with Crippen LogP contribution in [-0.4, -0.2) is 10.8 Å². The highest BCUT2D eigenvalue weighted by Crippen LogP contribution is 2.31. The first kappa shape index (κ1) is 16.2. The molecule has 0 fully saturated rings. The van der Waals surface area contributed by atoms with Crippen LogP contribution in [0.3, 0.4) is 0 Å². The molecule has 0 saturated carbocycles. The average Bonchev–Trinajstić information content (AvgIpc) is 3.07. The molecular formula is C17H11IN2O4. The maximum Gasteiger partial charge on any atom is 0.291 e. The van der Waals surface area contributed by atoms with Gasteiger partial charge in [-0.25, -0.2) is 0 Å². The Kier molecular flexibility index (Phi) is 4.61. The van der Waals surface area contributed by atoms with E-state index in [1.54, 1.807) is 30.3 Å². The van der Waals surface area contributed by atoms with Crippen molar-refractivity contribution < 1.29 is 14.1 Å². The maximum absolute atomic E-state index is 12.3. The minimum absolute atomic E-state index is 0.0728. The first-order valence-electron chi connectivity index (χ1n) is 6.96. The molecule has 6 nitrogen and oxygen atoms in total. The van der Waals surface area contributed by atoms with Gasteiger partial charge in [0.25, 0.3) is 11.6 Å². The van der Waals surface area contributed by atoms with Gasteiger partial charge in [-0.3, -0.25) is 14.9 Å². The molecule has 3 rings (SSSR count). The number of nitrogens with zero attached hydrogens (tertiary/aromatic N) is 1. The molecule has 0 atom stereocenters. The van der Waals surface area contributed by atoms with Crippen molar-refractivity contribution in [2.45, 2.75) is 0 Å². The molecule has 120 valence electrons. The number of carbonyl (C=O) groups is 1. The molecule has 2 aromatic carbocycles. The van der Waals surface area contributed by atoms with E-state index in [1.165, 1.54) is 12.1 Å². The Bertz CT molecular complexity index is 920. The zero-order valence-electron chi connectivity index (χ0n) is 12.2. The molecule has 7 heteroatoms. The minimum Gasteiger partial charge on any atom is -0.451 e. The summed E-state index contributed by atoms with van der Waals surface area (Å²) in [5, 5.41) is 13.9. The summed E-state index contributed by atoms with van der Waals surface area (Å²) in [6, 6.07) is 16.6. The van der Waals surface area contributed by atoms with E-state index in [1.807, 2.05) is 18.2 Å². The zero-order chi connectivity index (χ0) is 17.1. The van der Waals surface area contributed by atoms with Crippen LogP contribution in [-0.2, 0) is 0 Å². The first-order valence-corrected chi connectivity index (χ1v) is 8.03. The third-order valence-electron chi connectivity index (χ3n) is 3.32. The van der Waals surface area contributed by atoms with Gasteiger partial charge in [-0.1, -0.05) is 24.3 Å². The van der Waals surface area contributed by atoms with E-state index in [0.29, 0.717) is 11.3 Å². The molecule has 0 aliphatic carbocycles. The monoisotopic (exact) mass is 434 g/mol. The van der Waals surface area contributed by atoms with Crippen LogP contribution in [0.25, 0.3) is 11.3 Å². The lowest BCUT2D eigenvalue weighted by atomic mass is 10.1. The third-order valence-corrected chi connectivity index (χ3v) is 4.26. The summed E-state index contributed by atoms with van der Waals surface area (Å²) in [6.07, 6.45) is 0. The van der Waals surface area contributed by atoms with Crippen molar-refractivity contribution >= 4 is 39.9 Å². The lowest BCUT2D eigenvalue weighted by Gasteiger charge is -2.05. The summed E-state index contributed by atoms with van der Waals surface area (Å²) in [4.78, 5) is 22.9. The van der Waals surface area contributed by atoms with Gasteiger partial charge in [0.1, 0.15) is 5.76 Å². The average molecular weight is 434 g/mol. The Hall–Kier alpha value is -2.68. The SMILES string of the molecule is O=C(Nc1ccccc1I)c1ccc(-c2ccccc2[N+](=O)[O-])o1. The molecule has 1 N–H and O–H groups in total. The summed E-state index contributed by atoms with van der Waals surface area (Å²) >= 11 is 2.12. The number of anilines is 1. The number of nitro benzene ring substituents is 1. The Balaban J connectivity index is 1.87. The van der Waals surface area contributed by atoms with Gasteiger partial charge < -0.3 is 9.73 Å². The molecule has 0 spiro atoms. The second-order valence-corrected chi connectivity index (χ2v) is 6.03. The fraction of sp³-hybridized carbons (Fsp3) is 0. The van der Waals surface area contributed by atoms with E-state index in [-0.39, 0.29) is 17.2 Å². The summed E-state index contributed by atoms with van der Waals surface area (Å²) in [5.41, 5.74) is 0.930. The molecule has 0 radical (unpaired) electrons. The van der Waals surface area contributed by atoms with E-state index in [0.717, 1.165) is 3.57 Å². The molecule has 0 aliphatic rings. The lowest BCUT2D eigenvalue weighted by Crippen LogP contribution is -2.11. The standard InChI is InChI=1S/C17H11IN2O4/c18-12-6-2-3-7-13(12)19-17(21)16-10-9-15(24-16)11-5-1-4-8-14(11)20(22)23/h1-10H,(H,19,21). The van der Waals surface area contributed by atoms with Crippen LogP contribution >= 0.6 is 22.6 Å². The van der Waals surface area contributed by atoms with Crippen molar-refractivity contribution in [2.75, 3.05) is 5.32 Å². The summed E-state index contributed by atoms with van der Waals surface area (Å²) in [7, 11) is 0. The minimum atomic E-state index is -0.482. The summed E-state index contributed by atoms with van der Waals surface area (Å²) in [6.45, 7) is 0. The third kappa shape index (κ3) is 3.30. The molecule has 24 heavy (non-hydrogen) atoms. The molecule has 1 aromatic heterocycles. The smallest absolute Gasteiger partial charge is 0.291 e. The van der Waals surface area contributed by atoms with Crippen LogP contribution in [0, 0.1) is 13.7 Å². The van der Waals surface area contributed by atoms with E-state index >= 15 is 0 Å². The van der Waals surface area contributed by atoms with E-state index in [9.17, 15) is 14.9 Å². The fourth-order valence-electron chi connectivity index (χ4n) is 2.19. The van der Waals surface area contributed by atoms with Crippen molar-refractivity contribution in [3.05, 3.63) is 80.1 Å².